The Morgan fingerprint density at radius 3 is 2.40 bits per heavy atom. The van der Waals surface area contributed by atoms with E-state index in [4.69, 9.17) is 4.42 Å². The minimum absolute atomic E-state index is 0.0483. The minimum atomic E-state index is -0.418. The molecule has 0 spiro atoms. The first kappa shape index (κ1) is 16.1. The second-order valence-corrected chi connectivity index (χ2v) is 6.79. The SMILES string of the molecule is OC(c1ccccc1)C1(CNCc2coc(-c3ccccc3)n2)CC1. The van der Waals surface area contributed by atoms with Gasteiger partial charge < -0.3 is 14.8 Å². The number of oxazole rings is 1. The van der Waals surface area contributed by atoms with Crippen LogP contribution in [0.15, 0.2) is 71.3 Å². The molecule has 1 aliphatic carbocycles. The molecule has 1 atom stereocenters. The van der Waals surface area contributed by atoms with Crippen LogP contribution in [-0.4, -0.2) is 16.6 Å². The van der Waals surface area contributed by atoms with E-state index in [2.05, 4.69) is 10.3 Å². The van der Waals surface area contributed by atoms with Gasteiger partial charge in [0.1, 0.15) is 6.26 Å². The van der Waals surface area contributed by atoms with Gasteiger partial charge in [0, 0.05) is 24.1 Å². The van der Waals surface area contributed by atoms with Crippen molar-refractivity contribution in [1.29, 1.82) is 0 Å². The molecule has 1 saturated carbocycles. The Balaban J connectivity index is 1.34. The molecule has 2 N–H and O–H groups in total. The maximum absolute atomic E-state index is 10.7. The van der Waals surface area contributed by atoms with Crippen LogP contribution in [-0.2, 0) is 6.54 Å². The molecule has 2 aromatic carbocycles. The zero-order valence-electron chi connectivity index (χ0n) is 14.1. The quantitative estimate of drug-likeness (QED) is 0.687. The third-order valence-electron chi connectivity index (χ3n) is 4.94. The average molecular weight is 334 g/mol. The number of hydrogen-bond donors (Lipinski definition) is 2. The minimum Gasteiger partial charge on any atom is -0.444 e. The van der Waals surface area contributed by atoms with E-state index in [0.29, 0.717) is 12.4 Å². The number of rotatable bonds is 7. The maximum Gasteiger partial charge on any atom is 0.226 e. The lowest BCUT2D eigenvalue weighted by atomic mass is 9.92. The summed E-state index contributed by atoms with van der Waals surface area (Å²) < 4.78 is 5.57. The molecular weight excluding hydrogens is 312 g/mol. The van der Waals surface area contributed by atoms with Crippen molar-refractivity contribution >= 4 is 0 Å². The fourth-order valence-corrected chi connectivity index (χ4v) is 3.24. The summed E-state index contributed by atoms with van der Waals surface area (Å²) >= 11 is 0. The molecule has 1 fully saturated rings. The maximum atomic E-state index is 10.7. The summed E-state index contributed by atoms with van der Waals surface area (Å²) in [4.78, 5) is 4.53. The zero-order chi connectivity index (χ0) is 17.1. The Labute approximate surface area is 147 Å². The largest absolute Gasteiger partial charge is 0.444 e. The number of aliphatic hydroxyl groups excluding tert-OH is 1. The van der Waals surface area contributed by atoms with Crippen LogP contribution in [0.25, 0.3) is 11.5 Å². The molecule has 1 aromatic heterocycles. The molecule has 4 heteroatoms. The van der Waals surface area contributed by atoms with Crippen LogP contribution in [0.3, 0.4) is 0 Å². The van der Waals surface area contributed by atoms with Gasteiger partial charge in [0.15, 0.2) is 0 Å². The van der Waals surface area contributed by atoms with Crippen LogP contribution in [0.4, 0.5) is 0 Å². The van der Waals surface area contributed by atoms with E-state index < -0.39 is 6.10 Å². The van der Waals surface area contributed by atoms with Crippen molar-refractivity contribution < 1.29 is 9.52 Å². The molecule has 1 unspecified atom stereocenters. The summed E-state index contributed by atoms with van der Waals surface area (Å²) in [5.41, 5.74) is 2.80. The van der Waals surface area contributed by atoms with Gasteiger partial charge in [0.05, 0.1) is 11.8 Å². The summed E-state index contributed by atoms with van der Waals surface area (Å²) in [5.74, 6) is 0.642. The third-order valence-corrected chi connectivity index (χ3v) is 4.94. The lowest BCUT2D eigenvalue weighted by Crippen LogP contribution is -2.28. The van der Waals surface area contributed by atoms with Gasteiger partial charge in [-0.1, -0.05) is 48.5 Å². The molecule has 4 nitrogen and oxygen atoms in total. The standard InChI is InChI=1S/C21H22N2O2/c24-19(16-7-3-1-4-8-16)21(11-12-21)15-22-13-18-14-25-20(23-18)17-9-5-2-6-10-17/h1-10,14,19,22,24H,11-13,15H2. The highest BCUT2D eigenvalue weighted by Crippen LogP contribution is 2.54. The fourth-order valence-electron chi connectivity index (χ4n) is 3.24. The summed E-state index contributed by atoms with van der Waals surface area (Å²) in [6.07, 6.45) is 3.37. The molecule has 4 rings (SSSR count). The molecule has 1 heterocycles. The second kappa shape index (κ2) is 6.82. The Kier molecular flexibility index (Phi) is 4.38. The van der Waals surface area contributed by atoms with Crippen LogP contribution in [0.1, 0.15) is 30.2 Å². The van der Waals surface area contributed by atoms with Crippen LogP contribution in [0.5, 0.6) is 0 Å². The van der Waals surface area contributed by atoms with Gasteiger partial charge in [-0.2, -0.15) is 0 Å². The monoisotopic (exact) mass is 334 g/mol. The number of hydrogen-bond acceptors (Lipinski definition) is 4. The molecular formula is C21H22N2O2. The molecule has 25 heavy (non-hydrogen) atoms. The zero-order valence-corrected chi connectivity index (χ0v) is 14.1. The second-order valence-electron chi connectivity index (χ2n) is 6.79. The van der Waals surface area contributed by atoms with Crippen LogP contribution < -0.4 is 5.32 Å². The van der Waals surface area contributed by atoms with Gasteiger partial charge in [0.2, 0.25) is 5.89 Å². The van der Waals surface area contributed by atoms with E-state index in [-0.39, 0.29) is 5.41 Å². The van der Waals surface area contributed by atoms with Crippen molar-refractivity contribution in [2.45, 2.75) is 25.5 Å². The number of nitrogens with zero attached hydrogens (tertiary/aromatic N) is 1. The predicted molar refractivity (Wildman–Crippen MR) is 96.7 cm³/mol. The predicted octanol–water partition coefficient (Wildman–Crippen LogP) is 3.95. The molecule has 0 bridgehead atoms. The van der Waals surface area contributed by atoms with E-state index in [1.165, 1.54) is 0 Å². The highest BCUT2D eigenvalue weighted by Gasteiger charge is 2.48. The van der Waals surface area contributed by atoms with Gasteiger partial charge >= 0.3 is 0 Å². The molecule has 3 aromatic rings. The van der Waals surface area contributed by atoms with Crippen molar-refractivity contribution in [1.82, 2.24) is 10.3 Å². The lowest BCUT2D eigenvalue weighted by molar-refractivity contribution is 0.0917. The highest BCUT2D eigenvalue weighted by molar-refractivity contribution is 5.52. The van der Waals surface area contributed by atoms with Crippen molar-refractivity contribution in [3.8, 4) is 11.5 Å². The number of benzene rings is 2. The van der Waals surface area contributed by atoms with E-state index >= 15 is 0 Å². The molecule has 1 aliphatic rings. The van der Waals surface area contributed by atoms with Gasteiger partial charge in [-0.3, -0.25) is 0 Å². The van der Waals surface area contributed by atoms with Gasteiger partial charge in [-0.05, 0) is 30.5 Å². The molecule has 0 radical (unpaired) electrons. The van der Waals surface area contributed by atoms with Crippen molar-refractivity contribution in [2.24, 2.45) is 5.41 Å². The first-order valence-corrected chi connectivity index (χ1v) is 8.70. The first-order valence-electron chi connectivity index (χ1n) is 8.70. The average Bonchev–Trinajstić information content (AvgIpc) is 3.31. The van der Waals surface area contributed by atoms with Gasteiger partial charge in [-0.15, -0.1) is 0 Å². The van der Waals surface area contributed by atoms with Crippen LogP contribution in [0, 0.1) is 5.41 Å². The molecule has 0 saturated heterocycles. The summed E-state index contributed by atoms with van der Waals surface area (Å²) in [5, 5.41) is 14.1. The molecule has 0 aliphatic heterocycles. The Bertz CT molecular complexity index is 810. The fraction of sp³-hybridized carbons (Fsp3) is 0.286. The molecule has 128 valence electrons. The topological polar surface area (TPSA) is 58.3 Å². The number of aliphatic hydroxyl groups is 1. The Morgan fingerprint density at radius 2 is 1.72 bits per heavy atom. The van der Waals surface area contributed by atoms with Crippen molar-refractivity contribution in [3.63, 3.8) is 0 Å². The van der Waals surface area contributed by atoms with E-state index in [9.17, 15) is 5.11 Å². The summed E-state index contributed by atoms with van der Waals surface area (Å²) in [7, 11) is 0. The van der Waals surface area contributed by atoms with E-state index in [0.717, 1.165) is 36.2 Å². The first-order chi connectivity index (χ1) is 12.3. The smallest absolute Gasteiger partial charge is 0.226 e. The van der Waals surface area contributed by atoms with Crippen LogP contribution in [0.2, 0.25) is 0 Å². The number of aromatic nitrogens is 1. The van der Waals surface area contributed by atoms with E-state index in [1.54, 1.807) is 6.26 Å². The van der Waals surface area contributed by atoms with Crippen molar-refractivity contribution in [2.75, 3.05) is 6.54 Å². The van der Waals surface area contributed by atoms with Crippen LogP contribution >= 0.6 is 0 Å². The Hall–Kier alpha value is -2.43. The number of nitrogens with one attached hydrogen (secondary N) is 1. The van der Waals surface area contributed by atoms with Gasteiger partial charge in [0.25, 0.3) is 0 Å². The lowest BCUT2D eigenvalue weighted by Gasteiger charge is -2.23. The summed E-state index contributed by atoms with van der Waals surface area (Å²) in [6, 6.07) is 19.8. The van der Waals surface area contributed by atoms with Gasteiger partial charge in [-0.25, -0.2) is 4.98 Å². The highest BCUT2D eigenvalue weighted by atomic mass is 16.3. The summed E-state index contributed by atoms with van der Waals surface area (Å²) in [6.45, 7) is 1.41. The Morgan fingerprint density at radius 1 is 1.04 bits per heavy atom. The molecule has 0 amide bonds. The van der Waals surface area contributed by atoms with E-state index in [1.807, 2.05) is 60.7 Å². The normalized spacial score (nSPS) is 16.5. The van der Waals surface area contributed by atoms with Crippen molar-refractivity contribution in [3.05, 3.63) is 78.2 Å². The third kappa shape index (κ3) is 3.50.